The molecule has 162 valence electrons. The molecule has 4 rings (SSSR count). The molecule has 1 aliphatic carbocycles. The van der Waals surface area contributed by atoms with Crippen LogP contribution in [0.5, 0.6) is 0 Å². The van der Waals surface area contributed by atoms with E-state index < -0.39 is 0 Å². The Morgan fingerprint density at radius 2 is 1.68 bits per heavy atom. The van der Waals surface area contributed by atoms with Gasteiger partial charge in [-0.3, -0.25) is 4.90 Å². The largest absolute Gasteiger partial charge is 0.393 e. The van der Waals surface area contributed by atoms with E-state index in [2.05, 4.69) is 32.6 Å². The molecule has 0 unspecified atom stereocenters. The van der Waals surface area contributed by atoms with Crippen molar-refractivity contribution in [3.63, 3.8) is 0 Å². The first-order valence-corrected chi connectivity index (χ1v) is 11.3. The van der Waals surface area contributed by atoms with Crippen LogP contribution in [0.25, 0.3) is 0 Å². The number of nitrogens with zero attached hydrogens (tertiary/aromatic N) is 4. The highest BCUT2D eigenvalue weighted by molar-refractivity contribution is 4.99. The van der Waals surface area contributed by atoms with Crippen LogP contribution in [0.2, 0.25) is 0 Å². The summed E-state index contributed by atoms with van der Waals surface area (Å²) in [5.74, 6) is 0. The van der Waals surface area contributed by atoms with Gasteiger partial charge in [0.15, 0.2) is 0 Å². The van der Waals surface area contributed by atoms with Gasteiger partial charge in [-0.25, -0.2) is 4.98 Å². The fourth-order valence-corrected chi connectivity index (χ4v) is 3.87. The third kappa shape index (κ3) is 7.47. The SMILES string of the molecule is CC.CN1CCC(n2cnc(CN3CCC(O)CC3)c2)CC1.COC1CCC1. The van der Waals surface area contributed by atoms with E-state index in [-0.39, 0.29) is 6.10 Å². The Morgan fingerprint density at radius 3 is 2.18 bits per heavy atom. The van der Waals surface area contributed by atoms with Gasteiger partial charge in [-0.1, -0.05) is 13.8 Å². The predicted octanol–water partition coefficient (Wildman–Crippen LogP) is 3.32. The van der Waals surface area contributed by atoms with Crippen molar-refractivity contribution in [2.24, 2.45) is 0 Å². The van der Waals surface area contributed by atoms with Crippen molar-refractivity contribution < 1.29 is 9.84 Å². The predicted molar refractivity (Wildman–Crippen MR) is 115 cm³/mol. The quantitative estimate of drug-likeness (QED) is 0.849. The Balaban J connectivity index is 0.000000296. The molecule has 0 bridgehead atoms. The number of rotatable bonds is 4. The first-order valence-electron chi connectivity index (χ1n) is 11.3. The normalized spacial score (nSPS) is 22.6. The van der Waals surface area contributed by atoms with Gasteiger partial charge in [-0.15, -0.1) is 0 Å². The molecule has 3 aliphatic rings. The number of aliphatic hydroxyl groups excluding tert-OH is 1. The third-order valence-electron chi connectivity index (χ3n) is 6.09. The highest BCUT2D eigenvalue weighted by Crippen LogP contribution is 2.22. The molecule has 0 atom stereocenters. The van der Waals surface area contributed by atoms with E-state index in [1.54, 1.807) is 7.11 Å². The van der Waals surface area contributed by atoms with Crippen molar-refractivity contribution in [1.82, 2.24) is 19.4 Å². The van der Waals surface area contributed by atoms with Gasteiger partial charge >= 0.3 is 0 Å². The number of methoxy groups -OCH3 is 1. The van der Waals surface area contributed by atoms with Gasteiger partial charge < -0.3 is 19.3 Å². The second kappa shape index (κ2) is 12.6. The average Bonchev–Trinajstić information content (AvgIpc) is 3.14. The molecule has 2 saturated heterocycles. The fraction of sp³-hybridized carbons (Fsp3) is 0.864. The van der Waals surface area contributed by atoms with E-state index in [1.165, 1.54) is 50.9 Å². The lowest BCUT2D eigenvalue weighted by molar-refractivity contribution is 0.0412. The molecule has 0 spiro atoms. The molecule has 0 radical (unpaired) electrons. The number of likely N-dealkylation sites (tertiary alicyclic amines) is 2. The van der Waals surface area contributed by atoms with E-state index in [4.69, 9.17) is 4.74 Å². The molecule has 2 aliphatic heterocycles. The molecule has 28 heavy (non-hydrogen) atoms. The molecular weight excluding hydrogens is 352 g/mol. The Labute approximate surface area is 171 Å². The van der Waals surface area contributed by atoms with Gasteiger partial charge in [0.25, 0.3) is 0 Å². The Kier molecular flexibility index (Phi) is 10.5. The Bertz CT molecular complexity index is 514. The zero-order valence-corrected chi connectivity index (χ0v) is 18.5. The van der Waals surface area contributed by atoms with Gasteiger partial charge in [0.05, 0.1) is 24.2 Å². The summed E-state index contributed by atoms with van der Waals surface area (Å²) in [4.78, 5) is 9.36. The summed E-state index contributed by atoms with van der Waals surface area (Å²) >= 11 is 0. The van der Waals surface area contributed by atoms with Crippen LogP contribution in [0.15, 0.2) is 12.5 Å². The maximum absolute atomic E-state index is 9.54. The Morgan fingerprint density at radius 1 is 1.04 bits per heavy atom. The van der Waals surface area contributed by atoms with Crippen molar-refractivity contribution in [3.8, 4) is 0 Å². The van der Waals surface area contributed by atoms with Gasteiger partial charge in [-0.05, 0) is 65.1 Å². The topological polar surface area (TPSA) is 53.8 Å². The number of piperidine rings is 2. The number of aromatic nitrogens is 2. The van der Waals surface area contributed by atoms with Crippen molar-refractivity contribution in [3.05, 3.63) is 18.2 Å². The number of ether oxygens (including phenoxy) is 1. The van der Waals surface area contributed by atoms with Crippen LogP contribution in [0.4, 0.5) is 0 Å². The number of hydrogen-bond acceptors (Lipinski definition) is 5. The van der Waals surface area contributed by atoms with E-state index >= 15 is 0 Å². The Hall–Kier alpha value is -0.950. The summed E-state index contributed by atoms with van der Waals surface area (Å²) < 4.78 is 7.29. The molecule has 6 heteroatoms. The number of aliphatic hydroxyl groups is 1. The molecule has 0 amide bonds. The van der Waals surface area contributed by atoms with Gasteiger partial charge in [0.1, 0.15) is 0 Å². The zero-order valence-electron chi connectivity index (χ0n) is 18.5. The lowest BCUT2D eigenvalue weighted by atomic mass is 9.96. The average molecular weight is 395 g/mol. The first-order chi connectivity index (χ1) is 13.6. The van der Waals surface area contributed by atoms with E-state index in [1.807, 2.05) is 20.2 Å². The van der Waals surface area contributed by atoms with Crippen LogP contribution in [-0.4, -0.2) is 77.0 Å². The van der Waals surface area contributed by atoms with Crippen molar-refractivity contribution in [1.29, 1.82) is 0 Å². The van der Waals surface area contributed by atoms with Crippen LogP contribution >= 0.6 is 0 Å². The van der Waals surface area contributed by atoms with Crippen LogP contribution in [0, 0.1) is 0 Å². The van der Waals surface area contributed by atoms with Crippen molar-refractivity contribution in [2.45, 2.75) is 83.6 Å². The van der Waals surface area contributed by atoms with Gasteiger partial charge in [0, 0.05) is 39.0 Å². The highest BCUT2D eigenvalue weighted by atomic mass is 16.5. The van der Waals surface area contributed by atoms with Gasteiger partial charge in [0.2, 0.25) is 0 Å². The second-order valence-electron chi connectivity index (χ2n) is 8.14. The van der Waals surface area contributed by atoms with E-state index in [0.29, 0.717) is 12.1 Å². The summed E-state index contributed by atoms with van der Waals surface area (Å²) in [7, 11) is 3.98. The van der Waals surface area contributed by atoms with E-state index in [0.717, 1.165) is 32.5 Å². The molecule has 3 heterocycles. The monoisotopic (exact) mass is 394 g/mol. The maximum Gasteiger partial charge on any atom is 0.0952 e. The molecule has 0 aromatic carbocycles. The third-order valence-corrected chi connectivity index (χ3v) is 6.09. The molecule has 1 aromatic rings. The smallest absolute Gasteiger partial charge is 0.0952 e. The highest BCUT2D eigenvalue weighted by Gasteiger charge is 2.20. The molecule has 1 saturated carbocycles. The summed E-state index contributed by atoms with van der Waals surface area (Å²) in [6, 6.07) is 0.621. The second-order valence-corrected chi connectivity index (χ2v) is 8.14. The lowest BCUT2D eigenvalue weighted by Gasteiger charge is -2.30. The summed E-state index contributed by atoms with van der Waals surface area (Å²) in [5, 5.41) is 9.54. The zero-order chi connectivity index (χ0) is 20.4. The molecule has 3 fully saturated rings. The number of hydrogen-bond donors (Lipinski definition) is 1. The first kappa shape index (κ1) is 23.3. The summed E-state index contributed by atoms with van der Waals surface area (Å²) in [6.07, 6.45) is 12.9. The van der Waals surface area contributed by atoms with Crippen molar-refractivity contribution in [2.75, 3.05) is 40.3 Å². The standard InChI is InChI=1S/C15H26N4O.C5H10O.C2H6/c1-17-6-2-14(3-7-17)19-11-13(16-12-19)10-18-8-4-15(20)5-9-18;1-6-5-3-2-4-5;1-2/h11-12,14-15,20H,2-10H2,1H3;5H,2-4H2,1H3;1-2H3. The summed E-state index contributed by atoms with van der Waals surface area (Å²) in [5.41, 5.74) is 1.17. The van der Waals surface area contributed by atoms with E-state index in [9.17, 15) is 5.11 Å². The summed E-state index contributed by atoms with van der Waals surface area (Å²) in [6.45, 7) is 9.27. The molecule has 1 N–H and O–H groups in total. The number of imidazole rings is 1. The van der Waals surface area contributed by atoms with Crippen LogP contribution < -0.4 is 0 Å². The minimum Gasteiger partial charge on any atom is -0.393 e. The maximum atomic E-state index is 9.54. The molecule has 6 nitrogen and oxygen atoms in total. The molecule has 1 aromatic heterocycles. The minimum atomic E-state index is -0.0944. The fourth-order valence-electron chi connectivity index (χ4n) is 3.87. The van der Waals surface area contributed by atoms with Crippen LogP contribution in [0.3, 0.4) is 0 Å². The van der Waals surface area contributed by atoms with Gasteiger partial charge in [-0.2, -0.15) is 0 Å². The van der Waals surface area contributed by atoms with Crippen molar-refractivity contribution >= 4 is 0 Å². The minimum absolute atomic E-state index is 0.0944. The van der Waals surface area contributed by atoms with Crippen LogP contribution in [-0.2, 0) is 11.3 Å². The van der Waals surface area contributed by atoms with Crippen LogP contribution in [0.1, 0.15) is 70.5 Å². The molecular formula is C22H42N4O2. The lowest BCUT2D eigenvalue weighted by Crippen LogP contribution is -2.35.